The molecule has 2 N–H and O–H groups in total. The van der Waals surface area contributed by atoms with Gasteiger partial charge in [0.05, 0.1) is 10.6 Å². The second-order valence-electron chi connectivity index (χ2n) is 3.86. The van der Waals surface area contributed by atoms with Crippen LogP contribution in [0, 0.1) is 10.1 Å². The second-order valence-corrected chi connectivity index (χ2v) is 4.25. The van der Waals surface area contributed by atoms with E-state index in [-0.39, 0.29) is 10.8 Å². The third kappa shape index (κ3) is 2.90. The number of anilines is 2. The van der Waals surface area contributed by atoms with Gasteiger partial charge in [-0.05, 0) is 30.4 Å². The highest BCUT2D eigenvalue weighted by molar-refractivity contribution is 7.80. The van der Waals surface area contributed by atoms with Gasteiger partial charge in [0.2, 0.25) is 5.11 Å². The van der Waals surface area contributed by atoms with E-state index in [9.17, 15) is 10.1 Å². The van der Waals surface area contributed by atoms with Crippen molar-refractivity contribution < 1.29 is 10.1 Å². The fraction of sp³-hybridized carbons (Fsp3) is 0. The molecule has 0 amide bonds. The minimum Gasteiger partial charge on any atom is -0.289 e. The summed E-state index contributed by atoms with van der Waals surface area (Å²) in [6.45, 7) is 0. The number of hydrogen-bond donors (Lipinski definition) is 2. The number of thiocarbonyl (C=S) groups is 1. The number of benzene rings is 2. The first kappa shape index (κ1) is 13.9. The quantitative estimate of drug-likeness (QED) is 0.514. The van der Waals surface area contributed by atoms with Crippen molar-refractivity contribution in [2.45, 2.75) is 0 Å². The van der Waals surface area contributed by atoms with E-state index >= 15 is 0 Å². The Kier molecular flexibility index (Phi) is 4.24. The van der Waals surface area contributed by atoms with Crippen LogP contribution in [0.2, 0.25) is 0 Å². The number of rotatable bonds is 3. The fourth-order valence-electron chi connectivity index (χ4n) is 1.76. The molecule has 2 rings (SSSR count). The third-order valence-electron chi connectivity index (χ3n) is 2.61. The average Bonchev–Trinajstić information content (AvgIpc) is 2.48. The molecule has 0 fully saturated rings. The van der Waals surface area contributed by atoms with E-state index in [1.807, 2.05) is 11.5 Å². The van der Waals surface area contributed by atoms with E-state index in [1.165, 1.54) is 17.0 Å². The van der Waals surface area contributed by atoms with E-state index in [0.29, 0.717) is 11.4 Å². The van der Waals surface area contributed by atoms with Crippen LogP contribution in [0.1, 0.15) is 0 Å². The molecule has 0 aliphatic heterocycles. The lowest BCUT2D eigenvalue weighted by Gasteiger charge is -2.24. The lowest BCUT2D eigenvalue weighted by atomic mass is 10.2. The van der Waals surface area contributed by atoms with Crippen molar-refractivity contribution in [1.29, 1.82) is 0 Å². The van der Waals surface area contributed by atoms with Crippen molar-refractivity contribution in [2.75, 3.05) is 4.90 Å². The van der Waals surface area contributed by atoms with Crippen LogP contribution in [-0.2, 0) is 0 Å². The highest BCUT2D eigenvalue weighted by Crippen LogP contribution is 2.28. The van der Waals surface area contributed by atoms with Gasteiger partial charge >= 0.3 is 0 Å². The minimum absolute atomic E-state index is 0.0247. The van der Waals surface area contributed by atoms with Crippen molar-refractivity contribution in [3.63, 3.8) is 0 Å². The molecule has 0 unspecified atom stereocenters. The molecule has 0 spiro atoms. The molecule has 2 aromatic rings. The lowest BCUT2D eigenvalue weighted by molar-refractivity contribution is -0.384. The fourth-order valence-corrected chi connectivity index (χ4v) is 1.97. The van der Waals surface area contributed by atoms with Gasteiger partial charge < -0.3 is 0 Å². The predicted octanol–water partition coefficient (Wildman–Crippen LogP) is 3.00. The number of hydroxylamine groups is 1. The Morgan fingerprint density at radius 2 is 1.80 bits per heavy atom. The Hall–Kier alpha value is -2.51. The summed E-state index contributed by atoms with van der Waals surface area (Å²) in [5.74, 6) is 0. The number of para-hydroxylation sites is 1. The average molecular weight is 289 g/mol. The molecule has 6 nitrogen and oxygen atoms in total. The molecule has 2 aromatic carbocycles. The van der Waals surface area contributed by atoms with Gasteiger partial charge in [-0.1, -0.05) is 24.3 Å². The van der Waals surface area contributed by atoms with E-state index in [2.05, 4.69) is 0 Å². The number of hydrogen-bond acceptors (Lipinski definition) is 4. The normalized spacial score (nSPS) is 9.85. The summed E-state index contributed by atoms with van der Waals surface area (Å²) in [4.78, 5) is 11.9. The molecule has 0 saturated carbocycles. The van der Waals surface area contributed by atoms with Crippen molar-refractivity contribution in [3.8, 4) is 0 Å². The zero-order valence-electron chi connectivity index (χ0n) is 10.3. The van der Waals surface area contributed by atoms with E-state index in [0.717, 1.165) is 0 Å². The van der Waals surface area contributed by atoms with Gasteiger partial charge in [-0.25, -0.2) is 5.48 Å². The van der Waals surface area contributed by atoms with Gasteiger partial charge in [0.1, 0.15) is 0 Å². The first-order valence-electron chi connectivity index (χ1n) is 5.67. The van der Waals surface area contributed by atoms with Crippen molar-refractivity contribution >= 4 is 34.4 Å². The molecule has 102 valence electrons. The first-order valence-corrected chi connectivity index (χ1v) is 6.08. The molecule has 0 bridgehead atoms. The minimum atomic E-state index is -0.484. The van der Waals surface area contributed by atoms with Crippen molar-refractivity contribution in [2.24, 2.45) is 0 Å². The maximum atomic E-state index is 10.8. The van der Waals surface area contributed by atoms with Crippen LogP contribution in [-0.4, -0.2) is 15.2 Å². The molecule has 7 heteroatoms. The number of nitro benzene ring substituents is 1. The number of non-ortho nitro benzene ring substituents is 1. The van der Waals surface area contributed by atoms with Gasteiger partial charge in [-0.15, -0.1) is 0 Å². The third-order valence-corrected chi connectivity index (χ3v) is 2.89. The topological polar surface area (TPSA) is 78.6 Å². The van der Waals surface area contributed by atoms with Crippen LogP contribution < -0.4 is 10.4 Å². The van der Waals surface area contributed by atoms with Crippen LogP contribution in [0.4, 0.5) is 17.1 Å². The summed E-state index contributed by atoms with van der Waals surface area (Å²) < 4.78 is 0. The summed E-state index contributed by atoms with van der Waals surface area (Å²) in [6.07, 6.45) is 0. The molecule has 0 heterocycles. The Morgan fingerprint density at radius 1 is 1.15 bits per heavy atom. The zero-order chi connectivity index (χ0) is 14.5. The summed E-state index contributed by atoms with van der Waals surface area (Å²) in [5, 5.41) is 19.9. The molecule has 0 saturated heterocycles. The molecule has 0 aromatic heterocycles. The zero-order valence-corrected chi connectivity index (χ0v) is 11.1. The van der Waals surface area contributed by atoms with Crippen molar-refractivity contribution in [1.82, 2.24) is 5.48 Å². The van der Waals surface area contributed by atoms with Gasteiger partial charge in [0, 0.05) is 17.8 Å². The molecule has 20 heavy (non-hydrogen) atoms. The Bertz CT molecular complexity index is 634. The van der Waals surface area contributed by atoms with E-state index in [1.54, 1.807) is 36.4 Å². The van der Waals surface area contributed by atoms with Crippen LogP contribution >= 0.6 is 12.2 Å². The summed E-state index contributed by atoms with van der Waals surface area (Å²) in [5.41, 5.74) is 3.01. The highest BCUT2D eigenvalue weighted by Gasteiger charge is 2.16. The second kappa shape index (κ2) is 6.09. The number of nitrogens with zero attached hydrogens (tertiary/aromatic N) is 2. The van der Waals surface area contributed by atoms with E-state index in [4.69, 9.17) is 17.4 Å². The molecular weight excluding hydrogens is 278 g/mol. The molecular formula is C13H11N3O3S. The van der Waals surface area contributed by atoms with Gasteiger partial charge in [-0.2, -0.15) is 0 Å². The Labute approximate surface area is 120 Å². The number of nitrogens with one attached hydrogen (secondary N) is 1. The maximum Gasteiger partial charge on any atom is 0.271 e. The number of nitro groups is 1. The van der Waals surface area contributed by atoms with Gasteiger partial charge in [0.15, 0.2) is 0 Å². The van der Waals surface area contributed by atoms with E-state index < -0.39 is 4.92 Å². The molecule has 0 radical (unpaired) electrons. The van der Waals surface area contributed by atoms with Crippen LogP contribution in [0.15, 0.2) is 54.6 Å². The SMILES string of the molecule is O=[N+]([O-])c1cccc(N(C(=S)NO)c2ccccc2)c1. The lowest BCUT2D eigenvalue weighted by Crippen LogP contribution is -2.34. The smallest absolute Gasteiger partial charge is 0.271 e. The molecule has 0 atom stereocenters. The Morgan fingerprint density at radius 3 is 2.40 bits per heavy atom. The maximum absolute atomic E-state index is 10.8. The van der Waals surface area contributed by atoms with Gasteiger partial charge in [0.25, 0.3) is 5.69 Å². The monoisotopic (exact) mass is 289 g/mol. The van der Waals surface area contributed by atoms with Crippen LogP contribution in [0.25, 0.3) is 0 Å². The largest absolute Gasteiger partial charge is 0.289 e. The molecule has 0 aliphatic carbocycles. The van der Waals surface area contributed by atoms with Crippen molar-refractivity contribution in [3.05, 3.63) is 64.7 Å². The first-order chi connectivity index (χ1) is 9.63. The predicted molar refractivity (Wildman–Crippen MR) is 79.2 cm³/mol. The molecule has 0 aliphatic rings. The highest BCUT2D eigenvalue weighted by atomic mass is 32.1. The van der Waals surface area contributed by atoms with Crippen LogP contribution in [0.5, 0.6) is 0 Å². The Balaban J connectivity index is 2.50. The summed E-state index contributed by atoms with van der Waals surface area (Å²) in [6, 6.07) is 15.0. The summed E-state index contributed by atoms with van der Waals surface area (Å²) >= 11 is 5.04. The van der Waals surface area contributed by atoms with Crippen LogP contribution in [0.3, 0.4) is 0 Å². The summed E-state index contributed by atoms with van der Waals surface area (Å²) in [7, 11) is 0. The van der Waals surface area contributed by atoms with Gasteiger partial charge in [-0.3, -0.25) is 20.2 Å². The standard InChI is InChI=1S/C13H11N3O3S/c17-14-13(20)15(10-5-2-1-3-6-10)11-7-4-8-12(9-11)16(18)19/h1-9,17H,(H,14,20).